The van der Waals surface area contributed by atoms with E-state index in [1.807, 2.05) is 0 Å². The van der Waals surface area contributed by atoms with Gasteiger partial charge in [0.2, 0.25) is 0 Å². The van der Waals surface area contributed by atoms with Crippen LogP contribution in [-0.4, -0.2) is 57.4 Å². The van der Waals surface area contributed by atoms with E-state index in [4.69, 9.17) is 23.7 Å². The maximum Gasteiger partial charge on any atom is 0.348 e. The van der Waals surface area contributed by atoms with E-state index in [2.05, 4.69) is 5.32 Å². The third-order valence-corrected chi connectivity index (χ3v) is 5.31. The van der Waals surface area contributed by atoms with Gasteiger partial charge in [-0.25, -0.2) is 14.4 Å². The number of hydrogen-bond donors (Lipinski definition) is 1. The van der Waals surface area contributed by atoms with E-state index >= 15 is 0 Å². The predicted molar refractivity (Wildman–Crippen MR) is 119 cm³/mol. The number of esters is 3. The average molecular weight is 480 g/mol. The van der Waals surface area contributed by atoms with Gasteiger partial charge in [-0.1, -0.05) is 12.1 Å². The maximum atomic E-state index is 12.4. The summed E-state index contributed by atoms with van der Waals surface area (Å²) >= 11 is 0.876. The number of amides is 1. The summed E-state index contributed by atoms with van der Waals surface area (Å²) in [7, 11) is 1.47. The third-order valence-electron chi connectivity index (χ3n) is 4.12. The van der Waals surface area contributed by atoms with Crippen molar-refractivity contribution < 1.29 is 42.9 Å². The van der Waals surface area contributed by atoms with Crippen molar-refractivity contribution in [2.75, 3.05) is 38.9 Å². The zero-order chi connectivity index (χ0) is 24.4. The normalized spacial score (nSPS) is 10.2. The van der Waals surface area contributed by atoms with Gasteiger partial charge in [0.25, 0.3) is 5.91 Å². The first kappa shape index (κ1) is 25.7. The first-order valence-electron chi connectivity index (χ1n) is 10.0. The lowest BCUT2D eigenvalue weighted by Gasteiger charge is -2.10. The molecule has 0 spiro atoms. The standard InChI is InChI=1S/C22H25NO9S/c1-5-29-21(26)18-13(3)19(22(27)30-6-2)33-20(18)23-16(24)11-32-17(25)12-31-15-10-8-7-9-14(15)28-4/h7-10H,5-6,11-12H2,1-4H3,(H,23,24). The number of para-hydroxylation sites is 2. The monoisotopic (exact) mass is 479 g/mol. The predicted octanol–water partition coefficient (Wildman–Crippen LogP) is 2.98. The van der Waals surface area contributed by atoms with Gasteiger partial charge in [0.1, 0.15) is 9.88 Å². The van der Waals surface area contributed by atoms with Gasteiger partial charge in [0, 0.05) is 0 Å². The summed E-state index contributed by atoms with van der Waals surface area (Å²) in [5, 5.41) is 2.59. The molecule has 1 aromatic carbocycles. The molecule has 0 aliphatic heterocycles. The van der Waals surface area contributed by atoms with Crippen molar-refractivity contribution >= 4 is 40.2 Å². The Hall–Kier alpha value is -3.60. The molecule has 0 bridgehead atoms. The van der Waals surface area contributed by atoms with Gasteiger partial charge < -0.3 is 29.0 Å². The summed E-state index contributed by atoms with van der Waals surface area (Å²) in [4.78, 5) is 49.0. The number of anilines is 1. The highest BCUT2D eigenvalue weighted by molar-refractivity contribution is 7.18. The van der Waals surface area contributed by atoms with E-state index < -0.39 is 37.0 Å². The van der Waals surface area contributed by atoms with Gasteiger partial charge in [0.05, 0.1) is 25.9 Å². The van der Waals surface area contributed by atoms with Crippen LogP contribution in [0.4, 0.5) is 5.00 Å². The summed E-state index contributed by atoms with van der Waals surface area (Å²) < 4.78 is 25.4. The Morgan fingerprint density at radius 2 is 1.55 bits per heavy atom. The van der Waals surface area contributed by atoms with Gasteiger partial charge in [0.15, 0.2) is 24.7 Å². The molecule has 2 rings (SSSR count). The average Bonchev–Trinajstić information content (AvgIpc) is 3.12. The fourth-order valence-electron chi connectivity index (χ4n) is 2.67. The molecule has 0 aliphatic rings. The van der Waals surface area contributed by atoms with E-state index in [0.29, 0.717) is 17.1 Å². The molecule has 1 amide bonds. The van der Waals surface area contributed by atoms with Crippen LogP contribution in [0, 0.1) is 6.92 Å². The molecule has 2 aromatic rings. The summed E-state index contributed by atoms with van der Waals surface area (Å²) in [6, 6.07) is 6.75. The highest BCUT2D eigenvalue weighted by atomic mass is 32.1. The lowest BCUT2D eigenvalue weighted by Crippen LogP contribution is -2.24. The van der Waals surface area contributed by atoms with Crippen LogP contribution in [0.25, 0.3) is 0 Å². The second-order valence-corrected chi connectivity index (χ2v) is 7.37. The van der Waals surface area contributed by atoms with Crippen molar-refractivity contribution in [1.82, 2.24) is 0 Å². The third kappa shape index (κ3) is 6.94. The molecule has 10 nitrogen and oxygen atoms in total. The van der Waals surface area contributed by atoms with Gasteiger partial charge >= 0.3 is 17.9 Å². The maximum absolute atomic E-state index is 12.4. The highest BCUT2D eigenvalue weighted by Gasteiger charge is 2.27. The Bertz CT molecular complexity index is 1020. The summed E-state index contributed by atoms with van der Waals surface area (Å²) in [5.41, 5.74) is 0.374. The lowest BCUT2D eigenvalue weighted by molar-refractivity contribution is -0.149. The highest BCUT2D eigenvalue weighted by Crippen LogP contribution is 2.34. The number of carbonyl (C=O) groups excluding carboxylic acids is 4. The molecular weight excluding hydrogens is 454 g/mol. The Labute approximate surface area is 194 Å². The summed E-state index contributed by atoms with van der Waals surface area (Å²) in [6.07, 6.45) is 0. The number of thiophene rings is 1. The second-order valence-electron chi connectivity index (χ2n) is 6.35. The molecule has 1 N–H and O–H groups in total. The lowest BCUT2D eigenvalue weighted by atomic mass is 10.1. The first-order chi connectivity index (χ1) is 15.8. The number of nitrogens with one attached hydrogen (secondary N) is 1. The molecule has 0 saturated carbocycles. The van der Waals surface area contributed by atoms with Crippen molar-refractivity contribution in [1.29, 1.82) is 0 Å². The number of hydrogen-bond acceptors (Lipinski definition) is 10. The molecule has 1 aromatic heterocycles. The molecule has 0 fully saturated rings. The van der Waals surface area contributed by atoms with E-state index in [-0.39, 0.29) is 28.7 Å². The van der Waals surface area contributed by atoms with Crippen molar-refractivity contribution in [2.24, 2.45) is 0 Å². The molecule has 0 atom stereocenters. The van der Waals surface area contributed by atoms with Crippen LogP contribution in [0.5, 0.6) is 11.5 Å². The van der Waals surface area contributed by atoms with Crippen LogP contribution in [0.2, 0.25) is 0 Å². The van der Waals surface area contributed by atoms with E-state index in [1.165, 1.54) is 7.11 Å². The summed E-state index contributed by atoms with van der Waals surface area (Å²) in [5.74, 6) is -2.01. The molecule has 178 valence electrons. The van der Waals surface area contributed by atoms with Crippen LogP contribution in [0.15, 0.2) is 24.3 Å². The molecule has 11 heteroatoms. The minimum Gasteiger partial charge on any atom is -0.493 e. The van der Waals surface area contributed by atoms with Crippen LogP contribution in [0.3, 0.4) is 0 Å². The minimum atomic E-state index is -0.781. The summed E-state index contributed by atoms with van der Waals surface area (Å²) in [6.45, 7) is 4.05. The van der Waals surface area contributed by atoms with Gasteiger partial charge in [-0.15, -0.1) is 11.3 Å². The van der Waals surface area contributed by atoms with Crippen LogP contribution in [-0.2, 0) is 23.8 Å². The van der Waals surface area contributed by atoms with Gasteiger partial charge in [-0.3, -0.25) is 4.79 Å². The fraction of sp³-hybridized carbons (Fsp3) is 0.364. The quantitative estimate of drug-likeness (QED) is 0.382. The van der Waals surface area contributed by atoms with E-state index in [1.54, 1.807) is 45.0 Å². The molecule has 33 heavy (non-hydrogen) atoms. The topological polar surface area (TPSA) is 126 Å². The molecular formula is C22H25NO9S. The minimum absolute atomic E-state index is 0.0454. The smallest absolute Gasteiger partial charge is 0.348 e. The van der Waals surface area contributed by atoms with Crippen molar-refractivity contribution in [2.45, 2.75) is 20.8 Å². The van der Waals surface area contributed by atoms with Crippen molar-refractivity contribution in [3.63, 3.8) is 0 Å². The van der Waals surface area contributed by atoms with E-state index in [9.17, 15) is 19.2 Å². The van der Waals surface area contributed by atoms with Gasteiger partial charge in [-0.2, -0.15) is 0 Å². The first-order valence-corrected chi connectivity index (χ1v) is 10.8. The number of rotatable bonds is 11. The zero-order valence-corrected chi connectivity index (χ0v) is 19.5. The van der Waals surface area contributed by atoms with Crippen molar-refractivity contribution in [3.05, 3.63) is 40.3 Å². The molecule has 0 unspecified atom stereocenters. The largest absolute Gasteiger partial charge is 0.493 e. The van der Waals surface area contributed by atoms with Crippen LogP contribution >= 0.6 is 11.3 Å². The number of methoxy groups -OCH3 is 1. The molecule has 0 saturated heterocycles. The fourth-order valence-corrected chi connectivity index (χ4v) is 3.77. The SMILES string of the molecule is CCOC(=O)c1sc(NC(=O)COC(=O)COc2ccccc2OC)c(C(=O)OCC)c1C. The molecule has 0 radical (unpaired) electrons. The Balaban J connectivity index is 2.02. The number of carbonyl (C=O) groups is 4. The molecule has 0 aliphatic carbocycles. The van der Waals surface area contributed by atoms with Crippen molar-refractivity contribution in [3.8, 4) is 11.5 Å². The molecule has 1 heterocycles. The number of ether oxygens (including phenoxy) is 5. The Morgan fingerprint density at radius 3 is 2.18 bits per heavy atom. The Kier molecular flexibility index (Phi) is 9.67. The number of benzene rings is 1. The zero-order valence-electron chi connectivity index (χ0n) is 18.7. The Morgan fingerprint density at radius 1 is 0.909 bits per heavy atom. The van der Waals surface area contributed by atoms with E-state index in [0.717, 1.165) is 11.3 Å². The van der Waals surface area contributed by atoms with Crippen LogP contribution in [0.1, 0.15) is 39.4 Å². The van der Waals surface area contributed by atoms with Gasteiger partial charge in [-0.05, 0) is 38.5 Å². The van der Waals surface area contributed by atoms with Crippen LogP contribution < -0.4 is 14.8 Å². The second kappa shape index (κ2) is 12.4.